The van der Waals surface area contributed by atoms with Crippen molar-refractivity contribution in [1.29, 1.82) is 0 Å². The van der Waals surface area contributed by atoms with E-state index in [1.807, 2.05) is 0 Å². The van der Waals surface area contributed by atoms with Crippen molar-refractivity contribution < 1.29 is 0 Å². The van der Waals surface area contributed by atoms with Gasteiger partial charge in [-0.15, -0.1) is 6.42 Å². The molecular formula is C6H8N2. The first-order chi connectivity index (χ1) is 3.85. The number of nitrogens with zero attached hydrogens (tertiary/aromatic N) is 1. The second kappa shape index (κ2) is 3.94. The molecule has 0 aromatic carbocycles. The summed E-state index contributed by atoms with van der Waals surface area (Å²) in [6.07, 6.45) is 7.91. The van der Waals surface area contributed by atoms with Gasteiger partial charge in [0.25, 0.3) is 0 Å². The summed E-state index contributed by atoms with van der Waals surface area (Å²) < 4.78 is 0. The first-order valence-corrected chi connectivity index (χ1v) is 2.16. The Hall–Kier alpha value is -1.23. The maximum Gasteiger partial charge on any atom is 0.108 e. The number of aliphatic imine (C=N–C) groups is 1. The largest absolute Gasteiger partial charge is 0.405 e. The minimum Gasteiger partial charge on any atom is -0.405 e. The van der Waals surface area contributed by atoms with Gasteiger partial charge in [-0.3, -0.25) is 4.99 Å². The topological polar surface area (TPSA) is 38.4 Å². The Morgan fingerprint density at radius 1 is 1.88 bits per heavy atom. The number of terminal acetylenes is 1. The van der Waals surface area contributed by atoms with Gasteiger partial charge in [-0.25, -0.2) is 0 Å². The van der Waals surface area contributed by atoms with Crippen LogP contribution in [-0.4, -0.2) is 12.8 Å². The van der Waals surface area contributed by atoms with Crippen LogP contribution in [0.3, 0.4) is 0 Å². The molecule has 42 valence electrons. The van der Waals surface area contributed by atoms with Gasteiger partial charge in [0, 0.05) is 7.05 Å². The molecule has 0 aliphatic rings. The Morgan fingerprint density at radius 3 is 2.62 bits per heavy atom. The SMILES string of the molecule is C#CC(/C=C\N)=NC. The third kappa shape index (κ3) is 2.04. The van der Waals surface area contributed by atoms with Crippen LogP contribution in [0.2, 0.25) is 0 Å². The lowest BCUT2D eigenvalue weighted by molar-refractivity contribution is 1.45. The highest BCUT2D eigenvalue weighted by Gasteiger charge is 1.77. The molecule has 0 aliphatic carbocycles. The van der Waals surface area contributed by atoms with E-state index in [0.717, 1.165) is 0 Å². The molecule has 0 aromatic heterocycles. The Bertz CT molecular complexity index is 148. The van der Waals surface area contributed by atoms with Crippen molar-refractivity contribution in [3.63, 3.8) is 0 Å². The lowest BCUT2D eigenvalue weighted by atomic mass is 10.4. The van der Waals surface area contributed by atoms with E-state index >= 15 is 0 Å². The molecule has 0 spiro atoms. The molecule has 2 N–H and O–H groups in total. The Morgan fingerprint density at radius 2 is 2.50 bits per heavy atom. The van der Waals surface area contributed by atoms with E-state index in [2.05, 4.69) is 10.9 Å². The molecule has 0 unspecified atom stereocenters. The average Bonchev–Trinajstić information content (AvgIpc) is 1.83. The van der Waals surface area contributed by atoms with Crippen molar-refractivity contribution in [2.45, 2.75) is 0 Å². The maximum absolute atomic E-state index is 5.02. The zero-order chi connectivity index (χ0) is 6.41. The van der Waals surface area contributed by atoms with Gasteiger partial charge in [-0.05, 0) is 12.3 Å². The van der Waals surface area contributed by atoms with Gasteiger partial charge < -0.3 is 5.73 Å². The van der Waals surface area contributed by atoms with Crippen LogP contribution in [0.25, 0.3) is 0 Å². The van der Waals surface area contributed by atoms with Crippen LogP contribution in [0, 0.1) is 12.3 Å². The highest BCUT2D eigenvalue weighted by Crippen LogP contribution is 1.73. The Labute approximate surface area is 49.1 Å². The molecule has 0 bridgehead atoms. The van der Waals surface area contributed by atoms with Crippen molar-refractivity contribution in [2.24, 2.45) is 10.7 Å². The van der Waals surface area contributed by atoms with E-state index in [-0.39, 0.29) is 0 Å². The van der Waals surface area contributed by atoms with Gasteiger partial charge in [0.15, 0.2) is 0 Å². The molecule has 0 saturated carbocycles. The standard InChI is InChI=1S/C6H8N2/c1-3-6(8-2)4-5-7/h1,4-5H,7H2,2H3/b5-4-,8-6?. The van der Waals surface area contributed by atoms with Crippen LogP contribution in [0.1, 0.15) is 0 Å². The molecule has 0 fully saturated rings. The fourth-order valence-corrected chi connectivity index (χ4v) is 0.278. The monoisotopic (exact) mass is 108 g/mol. The van der Waals surface area contributed by atoms with Crippen LogP contribution < -0.4 is 5.73 Å². The summed E-state index contributed by atoms with van der Waals surface area (Å²) in [6.45, 7) is 0. The third-order valence-electron chi connectivity index (χ3n) is 0.643. The van der Waals surface area contributed by atoms with Crippen molar-refractivity contribution in [2.75, 3.05) is 7.05 Å². The molecule has 0 amide bonds. The number of allylic oxidation sites excluding steroid dienone is 1. The van der Waals surface area contributed by atoms with Crippen molar-refractivity contribution in [1.82, 2.24) is 0 Å². The van der Waals surface area contributed by atoms with Gasteiger partial charge >= 0.3 is 0 Å². The summed E-state index contributed by atoms with van der Waals surface area (Å²) >= 11 is 0. The third-order valence-corrected chi connectivity index (χ3v) is 0.643. The molecular weight excluding hydrogens is 100 g/mol. The summed E-state index contributed by atoms with van der Waals surface area (Å²) in [5, 5.41) is 0. The second-order valence-electron chi connectivity index (χ2n) is 1.11. The van der Waals surface area contributed by atoms with Crippen LogP contribution in [0.15, 0.2) is 17.3 Å². The fraction of sp³-hybridized carbons (Fsp3) is 0.167. The van der Waals surface area contributed by atoms with E-state index in [1.165, 1.54) is 6.20 Å². The Kier molecular flexibility index (Phi) is 3.34. The zero-order valence-corrected chi connectivity index (χ0v) is 4.76. The van der Waals surface area contributed by atoms with Gasteiger partial charge in [-0.1, -0.05) is 5.92 Å². The van der Waals surface area contributed by atoms with E-state index in [1.54, 1.807) is 13.1 Å². The van der Waals surface area contributed by atoms with Crippen LogP contribution >= 0.6 is 0 Å². The van der Waals surface area contributed by atoms with Gasteiger partial charge in [0.05, 0.1) is 0 Å². The average molecular weight is 108 g/mol. The van der Waals surface area contributed by atoms with Crippen molar-refractivity contribution in [3.8, 4) is 12.3 Å². The van der Waals surface area contributed by atoms with E-state index < -0.39 is 0 Å². The summed E-state index contributed by atoms with van der Waals surface area (Å²) in [7, 11) is 1.62. The van der Waals surface area contributed by atoms with Crippen LogP contribution in [0.5, 0.6) is 0 Å². The molecule has 2 heteroatoms. The molecule has 0 heterocycles. The summed E-state index contributed by atoms with van der Waals surface area (Å²) in [4.78, 5) is 3.71. The highest BCUT2D eigenvalue weighted by molar-refractivity contribution is 6.08. The lowest BCUT2D eigenvalue weighted by Crippen LogP contribution is -1.88. The first-order valence-electron chi connectivity index (χ1n) is 2.16. The normalized spacial score (nSPS) is 11.8. The highest BCUT2D eigenvalue weighted by atomic mass is 14.7. The smallest absolute Gasteiger partial charge is 0.108 e. The van der Waals surface area contributed by atoms with E-state index in [4.69, 9.17) is 12.2 Å². The number of rotatable bonds is 1. The predicted octanol–water partition coefficient (Wildman–Crippen LogP) is 0.163. The van der Waals surface area contributed by atoms with Gasteiger partial charge in [0.1, 0.15) is 5.71 Å². The molecule has 0 aliphatic heterocycles. The van der Waals surface area contributed by atoms with Crippen molar-refractivity contribution >= 4 is 5.71 Å². The van der Waals surface area contributed by atoms with E-state index in [0.29, 0.717) is 5.71 Å². The molecule has 0 radical (unpaired) electrons. The van der Waals surface area contributed by atoms with Crippen LogP contribution in [-0.2, 0) is 0 Å². The fourth-order valence-electron chi connectivity index (χ4n) is 0.278. The molecule has 0 atom stereocenters. The second-order valence-corrected chi connectivity index (χ2v) is 1.11. The van der Waals surface area contributed by atoms with Crippen LogP contribution in [0.4, 0.5) is 0 Å². The van der Waals surface area contributed by atoms with E-state index in [9.17, 15) is 0 Å². The maximum atomic E-state index is 5.02. The molecule has 0 aromatic rings. The number of hydrogen-bond donors (Lipinski definition) is 1. The number of hydrogen-bond acceptors (Lipinski definition) is 2. The van der Waals surface area contributed by atoms with Crippen molar-refractivity contribution in [3.05, 3.63) is 12.3 Å². The quantitative estimate of drug-likeness (QED) is 0.377. The minimum absolute atomic E-state index is 0.563. The predicted molar refractivity (Wildman–Crippen MR) is 35.5 cm³/mol. The molecule has 0 rings (SSSR count). The summed E-state index contributed by atoms with van der Waals surface area (Å²) in [6, 6.07) is 0. The zero-order valence-electron chi connectivity index (χ0n) is 4.76. The minimum atomic E-state index is 0.563. The van der Waals surface area contributed by atoms with Gasteiger partial charge in [0.2, 0.25) is 0 Å². The summed E-state index contributed by atoms with van der Waals surface area (Å²) in [5.41, 5.74) is 5.59. The first kappa shape index (κ1) is 6.77. The molecule has 2 nitrogen and oxygen atoms in total. The molecule has 0 saturated heterocycles. The Balaban J connectivity index is 3.98. The number of nitrogens with two attached hydrogens (primary N) is 1. The summed E-state index contributed by atoms with van der Waals surface area (Å²) in [5.74, 6) is 2.34. The lowest BCUT2D eigenvalue weighted by Gasteiger charge is -1.80. The van der Waals surface area contributed by atoms with Gasteiger partial charge in [-0.2, -0.15) is 0 Å². The molecule has 8 heavy (non-hydrogen) atoms.